The van der Waals surface area contributed by atoms with E-state index in [0.717, 1.165) is 5.75 Å². The molecule has 18 heavy (non-hydrogen) atoms. The van der Waals surface area contributed by atoms with Gasteiger partial charge in [0.15, 0.2) is 5.17 Å². The third-order valence-electron chi connectivity index (χ3n) is 1.57. The predicted octanol–water partition coefficient (Wildman–Crippen LogP) is 1.87. The molecule has 0 aromatic rings. The summed E-state index contributed by atoms with van der Waals surface area (Å²) in [6.45, 7) is 7.55. The second-order valence-electron chi connectivity index (χ2n) is 4.86. The molecule has 0 heterocycles. The number of amides is 4. The zero-order valence-electron chi connectivity index (χ0n) is 11.8. The quantitative estimate of drug-likeness (QED) is 0.566. The molecule has 4 amide bonds. The van der Waals surface area contributed by atoms with Crippen molar-refractivity contribution in [3.05, 3.63) is 0 Å². The van der Waals surface area contributed by atoms with E-state index in [0.29, 0.717) is 5.17 Å². The van der Waals surface area contributed by atoms with Gasteiger partial charge in [0, 0.05) is 19.6 Å². The lowest BCUT2D eigenvalue weighted by molar-refractivity contribution is 0.227. The lowest BCUT2D eigenvalue weighted by atomic mass is 10.1. The van der Waals surface area contributed by atoms with Gasteiger partial charge in [0.25, 0.3) is 0 Å². The Morgan fingerprint density at radius 2 is 1.83 bits per heavy atom. The minimum Gasteiger partial charge on any atom is -0.333 e. The van der Waals surface area contributed by atoms with Crippen LogP contribution in [0.2, 0.25) is 0 Å². The molecule has 0 unspecified atom stereocenters. The minimum atomic E-state index is -0.401. The molecule has 0 aliphatic rings. The van der Waals surface area contributed by atoms with Gasteiger partial charge in [-0.05, 0) is 26.5 Å². The molecule has 0 aliphatic heterocycles. The molecular formula is C11H22N4O2S. The molecular weight excluding hydrogens is 252 g/mol. The Kier molecular flexibility index (Phi) is 6.75. The topological polar surface area (TPSA) is 73.8 Å². The zero-order valence-corrected chi connectivity index (χ0v) is 12.6. The highest BCUT2D eigenvalue weighted by atomic mass is 32.2. The van der Waals surface area contributed by atoms with Gasteiger partial charge >= 0.3 is 12.1 Å². The molecule has 0 saturated carbocycles. The van der Waals surface area contributed by atoms with Crippen LogP contribution in [0.25, 0.3) is 0 Å². The summed E-state index contributed by atoms with van der Waals surface area (Å²) in [6.07, 6.45) is 0. The van der Waals surface area contributed by atoms with Crippen LogP contribution in [-0.2, 0) is 0 Å². The summed E-state index contributed by atoms with van der Waals surface area (Å²) in [7, 11) is 3.21. The van der Waals surface area contributed by atoms with Gasteiger partial charge in [-0.15, -0.1) is 0 Å². The number of hydrogen-bond acceptors (Lipinski definition) is 3. The van der Waals surface area contributed by atoms with Crippen molar-refractivity contribution in [1.82, 2.24) is 15.5 Å². The number of thioether (sulfide) groups is 1. The fourth-order valence-corrected chi connectivity index (χ4v) is 1.47. The van der Waals surface area contributed by atoms with E-state index in [1.807, 2.05) is 27.7 Å². The van der Waals surface area contributed by atoms with Crippen molar-refractivity contribution in [3.63, 3.8) is 0 Å². The Bertz CT molecular complexity index is 334. The van der Waals surface area contributed by atoms with Crippen LogP contribution < -0.4 is 10.6 Å². The first-order valence-electron chi connectivity index (χ1n) is 5.67. The van der Waals surface area contributed by atoms with Gasteiger partial charge in [-0.3, -0.25) is 5.32 Å². The smallest absolute Gasteiger partial charge is 0.333 e. The van der Waals surface area contributed by atoms with Crippen LogP contribution in [0.1, 0.15) is 27.7 Å². The van der Waals surface area contributed by atoms with E-state index in [1.54, 1.807) is 14.1 Å². The highest BCUT2D eigenvalue weighted by Gasteiger charge is 2.15. The van der Waals surface area contributed by atoms with Gasteiger partial charge in [0.1, 0.15) is 0 Å². The molecule has 0 bridgehead atoms. The van der Waals surface area contributed by atoms with E-state index in [4.69, 9.17) is 0 Å². The fraction of sp³-hybridized carbons (Fsp3) is 0.727. The fourth-order valence-electron chi connectivity index (χ4n) is 0.889. The van der Waals surface area contributed by atoms with Crippen LogP contribution in [0.15, 0.2) is 4.99 Å². The van der Waals surface area contributed by atoms with Gasteiger partial charge in [0.2, 0.25) is 0 Å². The van der Waals surface area contributed by atoms with Crippen molar-refractivity contribution in [3.8, 4) is 0 Å². The minimum absolute atomic E-state index is 0.304. The maximum absolute atomic E-state index is 11.7. The number of carbonyl (C=O) groups excluding carboxylic acids is 2. The van der Waals surface area contributed by atoms with E-state index < -0.39 is 6.03 Å². The first-order chi connectivity index (χ1) is 8.15. The van der Waals surface area contributed by atoms with Crippen LogP contribution in [0.3, 0.4) is 0 Å². The Hall–Kier alpha value is -1.24. The zero-order chi connectivity index (χ0) is 14.3. The summed E-state index contributed by atoms with van der Waals surface area (Å²) in [5, 5.41) is 5.62. The first kappa shape index (κ1) is 16.8. The van der Waals surface area contributed by atoms with Gasteiger partial charge in [-0.25, -0.2) is 9.59 Å². The Labute approximate surface area is 113 Å². The molecule has 0 aromatic carbocycles. The predicted molar refractivity (Wildman–Crippen MR) is 76.1 cm³/mol. The van der Waals surface area contributed by atoms with Gasteiger partial charge in [0.05, 0.1) is 0 Å². The van der Waals surface area contributed by atoms with Gasteiger partial charge in [-0.2, -0.15) is 4.99 Å². The number of nitrogens with one attached hydrogen (secondary N) is 2. The molecule has 104 valence electrons. The standard InChI is InChI=1S/C11H22N4O2S/c1-7-18-9(13-10(17)15(5)6)12-8(16)14-11(2,3)4/h7H2,1-6H3,(H2,12,13,14,16,17). The van der Waals surface area contributed by atoms with E-state index >= 15 is 0 Å². The Balaban J connectivity index is 4.63. The molecule has 6 nitrogen and oxygen atoms in total. The van der Waals surface area contributed by atoms with Crippen LogP contribution in [0, 0.1) is 0 Å². The molecule has 0 aliphatic carbocycles. The molecule has 7 heteroatoms. The Morgan fingerprint density at radius 1 is 1.28 bits per heavy atom. The summed E-state index contributed by atoms with van der Waals surface area (Å²) >= 11 is 1.31. The van der Waals surface area contributed by atoms with Gasteiger partial charge in [-0.1, -0.05) is 18.7 Å². The first-order valence-corrected chi connectivity index (χ1v) is 6.66. The van der Waals surface area contributed by atoms with Crippen molar-refractivity contribution >= 4 is 29.0 Å². The monoisotopic (exact) mass is 274 g/mol. The number of urea groups is 2. The summed E-state index contributed by atoms with van der Waals surface area (Å²) in [5.41, 5.74) is -0.336. The molecule has 0 fully saturated rings. The molecule has 0 saturated heterocycles. The summed E-state index contributed by atoms with van der Waals surface area (Å²) < 4.78 is 0. The summed E-state index contributed by atoms with van der Waals surface area (Å²) in [4.78, 5) is 28.3. The van der Waals surface area contributed by atoms with Gasteiger partial charge < -0.3 is 10.2 Å². The largest absolute Gasteiger partial charge is 0.345 e. The van der Waals surface area contributed by atoms with Crippen LogP contribution in [0.5, 0.6) is 0 Å². The van der Waals surface area contributed by atoms with E-state index in [-0.39, 0.29) is 11.6 Å². The maximum atomic E-state index is 11.7. The Morgan fingerprint density at radius 3 is 2.22 bits per heavy atom. The highest BCUT2D eigenvalue weighted by Crippen LogP contribution is 2.03. The molecule has 0 atom stereocenters. The number of amidine groups is 1. The molecule has 2 N–H and O–H groups in total. The average molecular weight is 274 g/mol. The average Bonchev–Trinajstić information content (AvgIpc) is 2.14. The third-order valence-corrected chi connectivity index (χ3v) is 2.33. The van der Waals surface area contributed by atoms with Crippen molar-refractivity contribution < 1.29 is 9.59 Å². The number of rotatable bonds is 1. The lowest BCUT2D eigenvalue weighted by Crippen LogP contribution is -2.48. The molecule has 0 spiro atoms. The second-order valence-corrected chi connectivity index (χ2v) is 6.11. The third kappa shape index (κ3) is 7.94. The van der Waals surface area contributed by atoms with Crippen molar-refractivity contribution in [2.75, 3.05) is 19.8 Å². The van der Waals surface area contributed by atoms with Crippen LogP contribution in [-0.4, -0.2) is 47.5 Å². The molecule has 0 rings (SSSR count). The normalized spacial score (nSPS) is 12.0. The number of carbonyl (C=O) groups is 2. The second kappa shape index (κ2) is 7.25. The van der Waals surface area contributed by atoms with E-state index in [2.05, 4.69) is 15.6 Å². The van der Waals surface area contributed by atoms with Crippen molar-refractivity contribution in [2.24, 2.45) is 4.99 Å². The lowest BCUT2D eigenvalue weighted by Gasteiger charge is -2.21. The SMILES string of the molecule is CCSC(=NC(=O)N(C)C)NC(=O)NC(C)(C)C. The number of aliphatic imine (C=N–C) groups is 1. The number of hydrogen-bond donors (Lipinski definition) is 2. The van der Waals surface area contributed by atoms with Crippen LogP contribution >= 0.6 is 11.8 Å². The molecule has 0 aromatic heterocycles. The van der Waals surface area contributed by atoms with E-state index in [9.17, 15) is 9.59 Å². The number of nitrogens with zero attached hydrogens (tertiary/aromatic N) is 2. The maximum Gasteiger partial charge on any atom is 0.345 e. The summed E-state index contributed by atoms with van der Waals surface area (Å²) in [5.74, 6) is 0.718. The van der Waals surface area contributed by atoms with E-state index in [1.165, 1.54) is 16.7 Å². The highest BCUT2D eigenvalue weighted by molar-refractivity contribution is 8.13. The van der Waals surface area contributed by atoms with Crippen molar-refractivity contribution in [1.29, 1.82) is 0 Å². The van der Waals surface area contributed by atoms with Crippen molar-refractivity contribution in [2.45, 2.75) is 33.2 Å². The summed E-state index contributed by atoms with van der Waals surface area (Å²) in [6, 6.07) is -0.768. The van der Waals surface area contributed by atoms with Crippen LogP contribution in [0.4, 0.5) is 9.59 Å². The molecule has 0 radical (unpaired) electrons.